The SMILES string of the molecule is CCOCCCNC(=O)c1ccc(C#CCN)c(F)c1. The van der Waals surface area contributed by atoms with Gasteiger partial charge in [-0.3, -0.25) is 4.79 Å². The lowest BCUT2D eigenvalue weighted by Crippen LogP contribution is -2.25. The predicted octanol–water partition coefficient (Wildman–Crippen LogP) is 1.29. The topological polar surface area (TPSA) is 64.3 Å². The first-order chi connectivity index (χ1) is 9.69. The summed E-state index contributed by atoms with van der Waals surface area (Å²) in [6.07, 6.45) is 0.724. The Hall–Kier alpha value is -1.90. The third-order valence-electron chi connectivity index (χ3n) is 2.51. The molecule has 0 saturated heterocycles. The van der Waals surface area contributed by atoms with Gasteiger partial charge in [0.25, 0.3) is 5.91 Å². The first-order valence-electron chi connectivity index (χ1n) is 6.53. The van der Waals surface area contributed by atoms with Gasteiger partial charge in [0.05, 0.1) is 12.1 Å². The van der Waals surface area contributed by atoms with Crippen molar-refractivity contribution in [1.29, 1.82) is 0 Å². The standard InChI is InChI=1S/C15H19FN2O2/c1-2-20-10-4-9-18-15(19)13-7-6-12(5-3-8-17)14(16)11-13/h6-7,11H,2,4,8-10,17H2,1H3,(H,18,19). The van der Waals surface area contributed by atoms with Crippen LogP contribution in [-0.4, -0.2) is 32.2 Å². The van der Waals surface area contributed by atoms with E-state index in [1.807, 2.05) is 6.92 Å². The maximum Gasteiger partial charge on any atom is 0.251 e. The molecule has 0 atom stereocenters. The molecule has 0 aliphatic carbocycles. The molecule has 0 unspecified atom stereocenters. The molecule has 0 aromatic heterocycles. The van der Waals surface area contributed by atoms with E-state index in [4.69, 9.17) is 10.5 Å². The molecule has 108 valence electrons. The number of ether oxygens (including phenoxy) is 1. The van der Waals surface area contributed by atoms with Crippen LogP contribution in [0, 0.1) is 17.7 Å². The minimum Gasteiger partial charge on any atom is -0.382 e. The average molecular weight is 278 g/mol. The molecule has 0 heterocycles. The summed E-state index contributed by atoms with van der Waals surface area (Å²) in [6.45, 7) is 3.83. The van der Waals surface area contributed by atoms with Gasteiger partial charge in [0.15, 0.2) is 0 Å². The number of nitrogens with two attached hydrogens (primary N) is 1. The van der Waals surface area contributed by atoms with Gasteiger partial charge in [-0.15, -0.1) is 0 Å². The summed E-state index contributed by atoms with van der Waals surface area (Å²) in [5, 5.41) is 2.71. The van der Waals surface area contributed by atoms with E-state index in [0.29, 0.717) is 19.8 Å². The fraction of sp³-hybridized carbons (Fsp3) is 0.400. The minimum absolute atomic E-state index is 0.168. The summed E-state index contributed by atoms with van der Waals surface area (Å²) in [7, 11) is 0. The highest BCUT2D eigenvalue weighted by Gasteiger charge is 2.08. The highest BCUT2D eigenvalue weighted by atomic mass is 19.1. The number of carbonyl (C=O) groups is 1. The molecule has 0 spiro atoms. The van der Waals surface area contributed by atoms with Crippen LogP contribution < -0.4 is 11.1 Å². The van der Waals surface area contributed by atoms with Crippen molar-refractivity contribution in [2.24, 2.45) is 5.73 Å². The van der Waals surface area contributed by atoms with E-state index < -0.39 is 5.82 Å². The van der Waals surface area contributed by atoms with Crippen LogP contribution in [-0.2, 0) is 4.74 Å². The molecule has 0 fully saturated rings. The summed E-state index contributed by atoms with van der Waals surface area (Å²) in [5.41, 5.74) is 5.74. The van der Waals surface area contributed by atoms with Crippen LogP contribution in [0.25, 0.3) is 0 Å². The third-order valence-corrected chi connectivity index (χ3v) is 2.51. The summed E-state index contributed by atoms with van der Waals surface area (Å²) in [5.74, 6) is 4.35. The monoisotopic (exact) mass is 278 g/mol. The molecule has 1 aromatic rings. The smallest absolute Gasteiger partial charge is 0.251 e. The minimum atomic E-state index is -0.520. The van der Waals surface area contributed by atoms with Gasteiger partial charge in [-0.1, -0.05) is 11.8 Å². The second-order valence-electron chi connectivity index (χ2n) is 4.01. The third kappa shape index (κ3) is 5.39. The molecule has 0 aliphatic rings. The molecule has 1 aromatic carbocycles. The highest BCUT2D eigenvalue weighted by Crippen LogP contribution is 2.09. The largest absolute Gasteiger partial charge is 0.382 e. The van der Waals surface area contributed by atoms with E-state index in [9.17, 15) is 9.18 Å². The van der Waals surface area contributed by atoms with Crippen molar-refractivity contribution < 1.29 is 13.9 Å². The molecule has 5 heteroatoms. The number of halogens is 1. The predicted molar refractivity (Wildman–Crippen MR) is 75.8 cm³/mol. The van der Waals surface area contributed by atoms with Crippen molar-refractivity contribution in [1.82, 2.24) is 5.32 Å². The summed E-state index contributed by atoms with van der Waals surface area (Å²) < 4.78 is 18.8. The molecule has 1 rings (SSSR count). The normalized spacial score (nSPS) is 9.75. The quantitative estimate of drug-likeness (QED) is 0.609. The molecule has 4 nitrogen and oxygen atoms in total. The lowest BCUT2D eigenvalue weighted by molar-refractivity contribution is 0.0944. The van der Waals surface area contributed by atoms with Gasteiger partial charge < -0.3 is 15.8 Å². The molecule has 0 saturated carbocycles. The number of nitrogens with one attached hydrogen (secondary N) is 1. The number of amides is 1. The average Bonchev–Trinajstić information content (AvgIpc) is 2.45. The van der Waals surface area contributed by atoms with Crippen molar-refractivity contribution in [2.45, 2.75) is 13.3 Å². The van der Waals surface area contributed by atoms with Crippen molar-refractivity contribution in [3.05, 3.63) is 35.1 Å². The van der Waals surface area contributed by atoms with Gasteiger partial charge in [-0.05, 0) is 31.5 Å². The summed E-state index contributed by atoms with van der Waals surface area (Å²) in [4.78, 5) is 11.8. The highest BCUT2D eigenvalue weighted by molar-refractivity contribution is 5.94. The Morgan fingerprint density at radius 3 is 2.95 bits per heavy atom. The van der Waals surface area contributed by atoms with Crippen LogP contribution in [0.5, 0.6) is 0 Å². The molecule has 0 aliphatic heterocycles. The fourth-order valence-electron chi connectivity index (χ4n) is 1.53. The zero-order valence-corrected chi connectivity index (χ0v) is 11.5. The van der Waals surface area contributed by atoms with Crippen LogP contribution >= 0.6 is 0 Å². The maximum atomic E-state index is 13.7. The Kier molecular flexibility index (Phi) is 7.33. The number of rotatable bonds is 6. The number of benzene rings is 1. The van der Waals surface area contributed by atoms with Crippen LogP contribution in [0.4, 0.5) is 4.39 Å². The summed E-state index contributed by atoms with van der Waals surface area (Å²) >= 11 is 0. The van der Waals surface area contributed by atoms with E-state index in [1.54, 1.807) is 6.07 Å². The first-order valence-corrected chi connectivity index (χ1v) is 6.53. The molecule has 1 amide bonds. The zero-order chi connectivity index (χ0) is 14.8. The van der Waals surface area contributed by atoms with Crippen molar-refractivity contribution in [3.8, 4) is 11.8 Å². The van der Waals surface area contributed by atoms with Crippen molar-refractivity contribution in [3.63, 3.8) is 0 Å². The van der Waals surface area contributed by atoms with E-state index >= 15 is 0 Å². The van der Waals surface area contributed by atoms with Crippen LogP contribution in [0.2, 0.25) is 0 Å². The lowest BCUT2D eigenvalue weighted by Gasteiger charge is -2.06. The lowest BCUT2D eigenvalue weighted by atomic mass is 10.1. The van der Waals surface area contributed by atoms with Crippen LogP contribution in [0.3, 0.4) is 0 Å². The first kappa shape index (κ1) is 16.2. The van der Waals surface area contributed by atoms with Gasteiger partial charge in [0.1, 0.15) is 5.82 Å². The zero-order valence-electron chi connectivity index (χ0n) is 11.5. The molecular formula is C15H19FN2O2. The van der Waals surface area contributed by atoms with E-state index in [0.717, 1.165) is 6.42 Å². The van der Waals surface area contributed by atoms with Crippen LogP contribution in [0.1, 0.15) is 29.3 Å². The second-order valence-corrected chi connectivity index (χ2v) is 4.01. The van der Waals surface area contributed by atoms with Crippen molar-refractivity contribution >= 4 is 5.91 Å². The summed E-state index contributed by atoms with van der Waals surface area (Å²) in [6, 6.07) is 4.20. The Balaban J connectivity index is 2.54. The van der Waals surface area contributed by atoms with Gasteiger partial charge in [0.2, 0.25) is 0 Å². The second kappa shape index (κ2) is 9.08. The van der Waals surface area contributed by atoms with E-state index in [-0.39, 0.29) is 23.6 Å². The molecular weight excluding hydrogens is 259 g/mol. The Morgan fingerprint density at radius 2 is 2.30 bits per heavy atom. The number of hydrogen-bond acceptors (Lipinski definition) is 3. The Bertz CT molecular complexity index is 506. The number of carbonyl (C=O) groups excluding carboxylic acids is 1. The molecule has 20 heavy (non-hydrogen) atoms. The van der Waals surface area contributed by atoms with E-state index in [1.165, 1.54) is 12.1 Å². The van der Waals surface area contributed by atoms with E-state index in [2.05, 4.69) is 17.2 Å². The molecule has 3 N–H and O–H groups in total. The molecule has 0 bridgehead atoms. The fourth-order valence-corrected chi connectivity index (χ4v) is 1.53. The van der Waals surface area contributed by atoms with Crippen LogP contribution in [0.15, 0.2) is 18.2 Å². The van der Waals surface area contributed by atoms with Gasteiger partial charge in [0, 0.05) is 25.3 Å². The van der Waals surface area contributed by atoms with Crippen molar-refractivity contribution in [2.75, 3.05) is 26.3 Å². The Morgan fingerprint density at radius 1 is 1.50 bits per heavy atom. The van der Waals surface area contributed by atoms with Gasteiger partial charge in [-0.25, -0.2) is 4.39 Å². The maximum absolute atomic E-state index is 13.7. The van der Waals surface area contributed by atoms with Gasteiger partial charge in [-0.2, -0.15) is 0 Å². The van der Waals surface area contributed by atoms with Gasteiger partial charge >= 0.3 is 0 Å². The molecule has 0 radical (unpaired) electrons. The Labute approximate surface area is 118 Å². The number of hydrogen-bond donors (Lipinski definition) is 2.